The number of nitrogens with one attached hydrogen (secondary N) is 1. The molecule has 4 nitrogen and oxygen atoms in total. The van der Waals surface area contributed by atoms with Crippen molar-refractivity contribution >= 4 is 17.5 Å². The van der Waals surface area contributed by atoms with Gasteiger partial charge in [-0.05, 0) is 75.3 Å². The van der Waals surface area contributed by atoms with Crippen LogP contribution in [0.25, 0.3) is 0 Å². The molecule has 1 aliphatic heterocycles. The van der Waals surface area contributed by atoms with Gasteiger partial charge in [0.25, 0.3) is 11.8 Å². The van der Waals surface area contributed by atoms with Crippen molar-refractivity contribution < 1.29 is 9.59 Å². The summed E-state index contributed by atoms with van der Waals surface area (Å²) in [7, 11) is 0. The van der Waals surface area contributed by atoms with E-state index in [0.717, 1.165) is 31.4 Å². The molecule has 1 aliphatic carbocycles. The molecule has 0 saturated heterocycles. The van der Waals surface area contributed by atoms with E-state index in [-0.39, 0.29) is 17.9 Å². The van der Waals surface area contributed by atoms with E-state index >= 15 is 0 Å². The number of allylic oxidation sites excluding steroid dienone is 1. The van der Waals surface area contributed by atoms with E-state index < -0.39 is 0 Å². The number of fused-ring (bicyclic) bond motifs is 1. The van der Waals surface area contributed by atoms with E-state index in [4.69, 9.17) is 0 Å². The fraction of sp³-hybridized carbons (Fsp3) is 0.360. The van der Waals surface area contributed by atoms with Gasteiger partial charge in [-0.25, -0.2) is 0 Å². The third-order valence-corrected chi connectivity index (χ3v) is 5.91. The maximum absolute atomic E-state index is 13.2. The minimum atomic E-state index is -0.120. The highest BCUT2D eigenvalue weighted by atomic mass is 16.2. The lowest BCUT2D eigenvalue weighted by Crippen LogP contribution is -2.36. The third kappa shape index (κ3) is 4.26. The molecule has 2 aromatic carbocycles. The lowest BCUT2D eigenvalue weighted by Gasteiger charge is -2.23. The van der Waals surface area contributed by atoms with Gasteiger partial charge in [0.15, 0.2) is 0 Å². The zero-order valence-corrected chi connectivity index (χ0v) is 17.0. The molecule has 0 aromatic heterocycles. The second-order valence-electron chi connectivity index (χ2n) is 8.05. The van der Waals surface area contributed by atoms with Crippen LogP contribution in [0.4, 0.5) is 5.69 Å². The highest BCUT2D eigenvalue weighted by molar-refractivity contribution is 6.09. The molecule has 2 aromatic rings. The van der Waals surface area contributed by atoms with Crippen LogP contribution < -0.4 is 10.2 Å². The number of anilines is 1. The quantitative estimate of drug-likeness (QED) is 0.741. The maximum Gasteiger partial charge on any atom is 0.258 e. The number of amides is 2. The Bertz CT molecular complexity index is 947. The zero-order valence-electron chi connectivity index (χ0n) is 17.0. The SMILES string of the molecule is CC1Cc2ccccc2N1C(=O)c1cccc(C(=O)NCCC2=CCCCC2)c1. The fourth-order valence-corrected chi connectivity index (χ4v) is 4.38. The Labute approximate surface area is 172 Å². The number of carbonyl (C=O) groups excluding carboxylic acids is 2. The molecule has 0 fully saturated rings. The van der Waals surface area contributed by atoms with Crippen LogP contribution in [0.3, 0.4) is 0 Å². The van der Waals surface area contributed by atoms with Gasteiger partial charge in [0.1, 0.15) is 0 Å². The molecule has 150 valence electrons. The van der Waals surface area contributed by atoms with E-state index in [1.54, 1.807) is 24.3 Å². The lowest BCUT2D eigenvalue weighted by atomic mass is 9.97. The largest absolute Gasteiger partial charge is 0.352 e. The predicted octanol–water partition coefficient (Wildman–Crippen LogP) is 4.90. The topological polar surface area (TPSA) is 49.4 Å². The lowest BCUT2D eigenvalue weighted by molar-refractivity contribution is 0.0954. The first-order valence-corrected chi connectivity index (χ1v) is 10.6. The number of para-hydroxylation sites is 1. The molecule has 1 heterocycles. The summed E-state index contributed by atoms with van der Waals surface area (Å²) in [6.07, 6.45) is 8.91. The number of hydrogen-bond donors (Lipinski definition) is 1. The Morgan fingerprint density at radius 2 is 1.90 bits per heavy atom. The molecule has 0 bridgehead atoms. The first kappa shape index (κ1) is 19.4. The Kier molecular flexibility index (Phi) is 5.79. The summed E-state index contributed by atoms with van der Waals surface area (Å²) in [5.74, 6) is -0.171. The van der Waals surface area contributed by atoms with Gasteiger partial charge in [-0.2, -0.15) is 0 Å². The standard InChI is InChI=1S/C25H28N2O2/c1-18-16-20-10-5-6-13-23(20)27(18)25(29)22-12-7-11-21(17-22)24(28)26-15-14-19-8-3-2-4-9-19/h5-8,10-13,17-18H,2-4,9,14-16H2,1H3,(H,26,28). The van der Waals surface area contributed by atoms with Crippen molar-refractivity contribution in [1.29, 1.82) is 0 Å². The second-order valence-corrected chi connectivity index (χ2v) is 8.05. The molecule has 2 aliphatic rings. The highest BCUT2D eigenvalue weighted by Crippen LogP contribution is 2.33. The maximum atomic E-state index is 13.2. The van der Waals surface area contributed by atoms with Gasteiger partial charge in [0, 0.05) is 29.4 Å². The van der Waals surface area contributed by atoms with Gasteiger partial charge >= 0.3 is 0 Å². The van der Waals surface area contributed by atoms with Gasteiger partial charge < -0.3 is 10.2 Å². The Balaban J connectivity index is 1.43. The van der Waals surface area contributed by atoms with Crippen LogP contribution in [0.5, 0.6) is 0 Å². The van der Waals surface area contributed by atoms with Crippen molar-refractivity contribution in [3.63, 3.8) is 0 Å². The summed E-state index contributed by atoms with van der Waals surface area (Å²) in [4.78, 5) is 27.6. The van der Waals surface area contributed by atoms with Crippen LogP contribution in [0, 0.1) is 0 Å². The van der Waals surface area contributed by atoms with Crippen molar-refractivity contribution in [1.82, 2.24) is 5.32 Å². The molecular formula is C25H28N2O2. The minimum absolute atomic E-state index is 0.0514. The van der Waals surface area contributed by atoms with Crippen LogP contribution in [0.1, 0.15) is 65.3 Å². The molecule has 1 N–H and O–H groups in total. The molecule has 0 radical (unpaired) electrons. The Hall–Kier alpha value is -2.88. The van der Waals surface area contributed by atoms with Gasteiger partial charge in [-0.3, -0.25) is 9.59 Å². The molecule has 1 unspecified atom stereocenters. The number of hydrogen-bond acceptors (Lipinski definition) is 2. The summed E-state index contributed by atoms with van der Waals surface area (Å²) < 4.78 is 0. The van der Waals surface area contributed by atoms with Crippen molar-refractivity contribution in [2.24, 2.45) is 0 Å². The average Bonchev–Trinajstić information content (AvgIpc) is 3.09. The Morgan fingerprint density at radius 3 is 2.72 bits per heavy atom. The molecular weight excluding hydrogens is 360 g/mol. The van der Waals surface area contributed by atoms with Crippen molar-refractivity contribution in [3.8, 4) is 0 Å². The number of nitrogens with zero attached hydrogens (tertiary/aromatic N) is 1. The normalized spacial score (nSPS) is 18.2. The summed E-state index contributed by atoms with van der Waals surface area (Å²) in [5, 5.41) is 3.00. The molecule has 1 atom stereocenters. The zero-order chi connectivity index (χ0) is 20.2. The summed E-state index contributed by atoms with van der Waals surface area (Å²) in [6.45, 7) is 2.70. The van der Waals surface area contributed by atoms with Crippen LogP contribution >= 0.6 is 0 Å². The first-order chi connectivity index (χ1) is 14.1. The third-order valence-electron chi connectivity index (χ3n) is 5.91. The van der Waals surface area contributed by atoms with Gasteiger partial charge in [0.05, 0.1) is 0 Å². The van der Waals surface area contributed by atoms with Crippen LogP contribution in [-0.2, 0) is 6.42 Å². The van der Waals surface area contributed by atoms with Crippen molar-refractivity contribution in [3.05, 3.63) is 76.9 Å². The minimum Gasteiger partial charge on any atom is -0.352 e. The summed E-state index contributed by atoms with van der Waals surface area (Å²) >= 11 is 0. The smallest absolute Gasteiger partial charge is 0.258 e. The van der Waals surface area contributed by atoms with E-state index in [0.29, 0.717) is 17.7 Å². The Morgan fingerprint density at radius 1 is 1.07 bits per heavy atom. The van der Waals surface area contributed by atoms with Gasteiger partial charge in [-0.1, -0.05) is 35.9 Å². The van der Waals surface area contributed by atoms with Crippen LogP contribution in [0.15, 0.2) is 60.2 Å². The van der Waals surface area contributed by atoms with E-state index in [1.165, 1.54) is 24.0 Å². The monoisotopic (exact) mass is 388 g/mol. The van der Waals surface area contributed by atoms with Crippen molar-refractivity contribution in [2.75, 3.05) is 11.4 Å². The summed E-state index contributed by atoms with van der Waals surface area (Å²) in [5.41, 5.74) is 4.70. The number of rotatable bonds is 5. The molecule has 4 rings (SSSR count). The predicted molar refractivity (Wildman–Crippen MR) is 116 cm³/mol. The molecule has 2 amide bonds. The average molecular weight is 389 g/mol. The van der Waals surface area contributed by atoms with E-state index in [9.17, 15) is 9.59 Å². The molecule has 0 saturated carbocycles. The second kappa shape index (κ2) is 8.64. The van der Waals surface area contributed by atoms with E-state index in [2.05, 4.69) is 24.4 Å². The number of benzene rings is 2. The molecule has 4 heteroatoms. The number of carbonyl (C=O) groups is 2. The highest BCUT2D eigenvalue weighted by Gasteiger charge is 2.31. The van der Waals surface area contributed by atoms with E-state index in [1.807, 2.05) is 23.1 Å². The molecule has 29 heavy (non-hydrogen) atoms. The van der Waals surface area contributed by atoms with Crippen LogP contribution in [-0.4, -0.2) is 24.4 Å². The van der Waals surface area contributed by atoms with Gasteiger partial charge in [-0.15, -0.1) is 0 Å². The molecule has 0 spiro atoms. The van der Waals surface area contributed by atoms with Gasteiger partial charge in [0.2, 0.25) is 0 Å². The van der Waals surface area contributed by atoms with Crippen molar-refractivity contribution in [2.45, 2.75) is 51.5 Å². The summed E-state index contributed by atoms with van der Waals surface area (Å²) in [6, 6.07) is 15.2. The first-order valence-electron chi connectivity index (χ1n) is 10.6. The van der Waals surface area contributed by atoms with Crippen LogP contribution in [0.2, 0.25) is 0 Å². The fourth-order valence-electron chi connectivity index (χ4n) is 4.38.